The van der Waals surface area contributed by atoms with E-state index in [2.05, 4.69) is 5.32 Å². The molecule has 0 radical (unpaired) electrons. The Hall–Kier alpha value is -2.04. The highest BCUT2D eigenvalue weighted by molar-refractivity contribution is 5.95. The number of benzene rings is 1. The molecule has 1 aromatic rings. The number of hydrogen-bond acceptors (Lipinski definition) is 3. The number of carbonyl (C=O) groups is 2. The van der Waals surface area contributed by atoms with E-state index in [0.29, 0.717) is 17.7 Å². The van der Waals surface area contributed by atoms with Gasteiger partial charge in [-0.05, 0) is 38.5 Å². The second-order valence-electron chi connectivity index (χ2n) is 4.96. The van der Waals surface area contributed by atoms with Crippen LogP contribution in [-0.2, 0) is 4.79 Å². The first-order valence-corrected chi connectivity index (χ1v) is 6.02. The predicted molar refractivity (Wildman–Crippen MR) is 71.4 cm³/mol. The fourth-order valence-electron chi connectivity index (χ4n) is 1.63. The number of amides is 1. The molecule has 5 nitrogen and oxygen atoms in total. The molecule has 0 saturated heterocycles. The SMILES string of the molecule is COc1cccc(C(=O)NC(C)(C)CCC(=O)O)c1. The third-order valence-electron chi connectivity index (χ3n) is 2.75. The number of carboxylic acid groups (broad SMARTS) is 1. The Kier molecular flexibility index (Phi) is 4.92. The smallest absolute Gasteiger partial charge is 0.303 e. The van der Waals surface area contributed by atoms with Gasteiger partial charge in [-0.1, -0.05) is 6.07 Å². The lowest BCUT2D eigenvalue weighted by Crippen LogP contribution is -2.43. The molecule has 2 N–H and O–H groups in total. The number of ether oxygens (including phenoxy) is 1. The highest BCUT2D eigenvalue weighted by Gasteiger charge is 2.22. The summed E-state index contributed by atoms with van der Waals surface area (Å²) in [6.45, 7) is 3.60. The minimum Gasteiger partial charge on any atom is -0.497 e. The van der Waals surface area contributed by atoms with Crippen LogP contribution in [0.2, 0.25) is 0 Å². The predicted octanol–water partition coefficient (Wildman–Crippen LogP) is 2.07. The minimum absolute atomic E-state index is 0.0192. The van der Waals surface area contributed by atoms with Gasteiger partial charge in [-0.15, -0.1) is 0 Å². The van der Waals surface area contributed by atoms with Gasteiger partial charge in [0, 0.05) is 17.5 Å². The first kappa shape index (κ1) is 15.0. The standard InChI is InChI=1S/C14H19NO4/c1-14(2,8-7-12(16)17)15-13(18)10-5-4-6-11(9-10)19-3/h4-6,9H,7-8H2,1-3H3,(H,15,18)(H,16,17). The van der Waals surface area contributed by atoms with Gasteiger partial charge in [0.05, 0.1) is 7.11 Å². The van der Waals surface area contributed by atoms with Gasteiger partial charge in [0.15, 0.2) is 0 Å². The largest absolute Gasteiger partial charge is 0.497 e. The van der Waals surface area contributed by atoms with Crippen molar-refractivity contribution in [1.82, 2.24) is 5.32 Å². The van der Waals surface area contributed by atoms with Gasteiger partial charge < -0.3 is 15.2 Å². The van der Waals surface area contributed by atoms with Gasteiger partial charge in [-0.25, -0.2) is 0 Å². The topological polar surface area (TPSA) is 75.6 Å². The molecule has 0 heterocycles. The summed E-state index contributed by atoms with van der Waals surface area (Å²) in [7, 11) is 1.54. The molecule has 0 unspecified atom stereocenters. The number of carbonyl (C=O) groups excluding carboxylic acids is 1. The van der Waals surface area contributed by atoms with Crippen LogP contribution in [-0.4, -0.2) is 29.6 Å². The fourth-order valence-corrected chi connectivity index (χ4v) is 1.63. The summed E-state index contributed by atoms with van der Waals surface area (Å²) in [5, 5.41) is 11.5. The maximum atomic E-state index is 12.1. The van der Waals surface area contributed by atoms with Crippen LogP contribution in [0, 0.1) is 0 Å². The van der Waals surface area contributed by atoms with Crippen LogP contribution in [0.4, 0.5) is 0 Å². The molecule has 1 rings (SSSR count). The number of nitrogens with one attached hydrogen (secondary N) is 1. The van der Waals surface area contributed by atoms with Gasteiger partial charge in [-0.2, -0.15) is 0 Å². The van der Waals surface area contributed by atoms with Crippen molar-refractivity contribution in [3.63, 3.8) is 0 Å². The number of aliphatic carboxylic acids is 1. The highest BCUT2D eigenvalue weighted by Crippen LogP contribution is 2.16. The summed E-state index contributed by atoms with van der Waals surface area (Å²) in [4.78, 5) is 22.6. The summed E-state index contributed by atoms with van der Waals surface area (Å²) in [6, 6.07) is 6.82. The summed E-state index contributed by atoms with van der Waals surface area (Å²) in [5.74, 6) is -0.506. The molecule has 0 aliphatic rings. The molecule has 104 valence electrons. The molecule has 1 aromatic carbocycles. The van der Waals surface area contributed by atoms with E-state index in [0.717, 1.165) is 0 Å². The maximum Gasteiger partial charge on any atom is 0.303 e. The second-order valence-corrected chi connectivity index (χ2v) is 4.96. The number of hydrogen-bond donors (Lipinski definition) is 2. The van der Waals surface area contributed by atoms with E-state index in [1.807, 2.05) is 0 Å². The molecular weight excluding hydrogens is 246 g/mol. The normalized spacial score (nSPS) is 10.9. The van der Waals surface area contributed by atoms with Crippen LogP contribution in [0.15, 0.2) is 24.3 Å². The van der Waals surface area contributed by atoms with Crippen molar-refractivity contribution in [3.05, 3.63) is 29.8 Å². The van der Waals surface area contributed by atoms with Crippen LogP contribution in [0.25, 0.3) is 0 Å². The summed E-state index contributed by atoms with van der Waals surface area (Å²) >= 11 is 0. The monoisotopic (exact) mass is 265 g/mol. The Labute approximate surface area is 112 Å². The molecule has 5 heteroatoms. The zero-order chi connectivity index (χ0) is 14.5. The summed E-state index contributed by atoms with van der Waals surface area (Å²) in [6.07, 6.45) is 0.392. The Morgan fingerprint density at radius 3 is 2.63 bits per heavy atom. The van der Waals surface area contributed by atoms with Crippen LogP contribution in [0.5, 0.6) is 5.75 Å². The molecule has 1 amide bonds. The van der Waals surface area contributed by atoms with Crippen LogP contribution < -0.4 is 10.1 Å². The van der Waals surface area contributed by atoms with Crippen molar-refractivity contribution in [2.24, 2.45) is 0 Å². The van der Waals surface area contributed by atoms with Crippen molar-refractivity contribution in [3.8, 4) is 5.75 Å². The van der Waals surface area contributed by atoms with E-state index in [1.165, 1.54) is 7.11 Å². The molecule has 0 aromatic heterocycles. The molecule has 0 saturated carbocycles. The number of carboxylic acids is 1. The first-order valence-electron chi connectivity index (χ1n) is 6.02. The molecule has 0 aliphatic heterocycles. The van der Waals surface area contributed by atoms with Crippen LogP contribution >= 0.6 is 0 Å². The zero-order valence-electron chi connectivity index (χ0n) is 11.4. The van der Waals surface area contributed by atoms with Crippen molar-refractivity contribution in [1.29, 1.82) is 0 Å². The van der Waals surface area contributed by atoms with E-state index in [-0.39, 0.29) is 12.3 Å². The minimum atomic E-state index is -0.872. The molecule has 0 fully saturated rings. The van der Waals surface area contributed by atoms with Crippen LogP contribution in [0.3, 0.4) is 0 Å². The van der Waals surface area contributed by atoms with Gasteiger partial charge in [0.1, 0.15) is 5.75 Å². The van der Waals surface area contributed by atoms with E-state index >= 15 is 0 Å². The fraction of sp³-hybridized carbons (Fsp3) is 0.429. The van der Waals surface area contributed by atoms with Gasteiger partial charge in [0.25, 0.3) is 5.91 Å². The van der Waals surface area contributed by atoms with Gasteiger partial charge in [-0.3, -0.25) is 9.59 Å². The molecule has 0 atom stereocenters. The first-order chi connectivity index (χ1) is 8.84. The molecular formula is C14H19NO4. The molecule has 0 spiro atoms. The lowest BCUT2D eigenvalue weighted by atomic mass is 9.97. The molecule has 0 bridgehead atoms. The molecule has 0 aliphatic carbocycles. The third-order valence-corrected chi connectivity index (χ3v) is 2.75. The van der Waals surface area contributed by atoms with E-state index < -0.39 is 11.5 Å². The maximum absolute atomic E-state index is 12.1. The van der Waals surface area contributed by atoms with Gasteiger partial charge >= 0.3 is 5.97 Å². The highest BCUT2D eigenvalue weighted by atomic mass is 16.5. The van der Waals surface area contributed by atoms with E-state index in [1.54, 1.807) is 38.1 Å². The Morgan fingerprint density at radius 2 is 2.05 bits per heavy atom. The Balaban J connectivity index is 2.69. The third kappa shape index (κ3) is 4.99. The van der Waals surface area contributed by atoms with Crippen molar-refractivity contribution in [2.45, 2.75) is 32.2 Å². The number of methoxy groups -OCH3 is 1. The molecule has 19 heavy (non-hydrogen) atoms. The quantitative estimate of drug-likeness (QED) is 0.825. The number of rotatable bonds is 6. The van der Waals surface area contributed by atoms with Crippen molar-refractivity contribution < 1.29 is 19.4 Å². The zero-order valence-corrected chi connectivity index (χ0v) is 11.4. The van der Waals surface area contributed by atoms with Crippen molar-refractivity contribution in [2.75, 3.05) is 7.11 Å². The Bertz CT molecular complexity index is 468. The lowest BCUT2D eigenvalue weighted by molar-refractivity contribution is -0.137. The average Bonchev–Trinajstić information content (AvgIpc) is 2.36. The summed E-state index contributed by atoms with van der Waals surface area (Å²) in [5.41, 5.74) is -0.0822. The second kappa shape index (κ2) is 6.22. The van der Waals surface area contributed by atoms with Crippen LogP contribution in [0.1, 0.15) is 37.0 Å². The van der Waals surface area contributed by atoms with E-state index in [4.69, 9.17) is 9.84 Å². The van der Waals surface area contributed by atoms with E-state index in [9.17, 15) is 9.59 Å². The summed E-state index contributed by atoms with van der Waals surface area (Å²) < 4.78 is 5.06. The van der Waals surface area contributed by atoms with Gasteiger partial charge in [0.2, 0.25) is 0 Å². The van der Waals surface area contributed by atoms with Crippen molar-refractivity contribution >= 4 is 11.9 Å². The lowest BCUT2D eigenvalue weighted by Gasteiger charge is -2.25. The Morgan fingerprint density at radius 1 is 1.37 bits per heavy atom. The average molecular weight is 265 g/mol.